The zero-order valence-electron chi connectivity index (χ0n) is 15.3. The summed E-state index contributed by atoms with van der Waals surface area (Å²) in [6.07, 6.45) is 6.93. The van der Waals surface area contributed by atoms with Crippen molar-refractivity contribution in [2.45, 2.75) is 34.6 Å². The Morgan fingerprint density at radius 2 is 1.62 bits per heavy atom. The molecule has 0 saturated heterocycles. The number of allylic oxidation sites excluding steroid dienone is 1. The van der Waals surface area contributed by atoms with Gasteiger partial charge in [-0.15, -0.1) is 0 Å². The lowest BCUT2D eigenvalue weighted by Gasteiger charge is -2.00. The molecule has 2 nitrogen and oxygen atoms in total. The third kappa shape index (κ3) is 5.88. The molecule has 0 aliphatic rings. The van der Waals surface area contributed by atoms with Crippen LogP contribution in [0.4, 0.5) is 0 Å². The highest BCUT2D eigenvalue weighted by molar-refractivity contribution is 5.82. The second kappa shape index (κ2) is 10.2. The quantitative estimate of drug-likeness (QED) is 0.546. The van der Waals surface area contributed by atoms with Gasteiger partial charge < -0.3 is 9.78 Å². The molecule has 0 unspecified atom stereocenters. The maximum atomic E-state index is 8.81. The molecule has 24 heavy (non-hydrogen) atoms. The van der Waals surface area contributed by atoms with Crippen LogP contribution in [0.1, 0.15) is 36.1 Å². The van der Waals surface area contributed by atoms with E-state index < -0.39 is 0 Å². The van der Waals surface area contributed by atoms with Crippen LogP contribution in [0.3, 0.4) is 0 Å². The lowest BCUT2D eigenvalue weighted by Crippen LogP contribution is -1.81. The van der Waals surface area contributed by atoms with E-state index in [-0.39, 0.29) is 0 Å². The van der Waals surface area contributed by atoms with E-state index in [9.17, 15) is 0 Å². The Morgan fingerprint density at radius 3 is 2.25 bits per heavy atom. The lowest BCUT2D eigenvalue weighted by molar-refractivity contribution is -0.106. The molecule has 0 bridgehead atoms. The Bertz CT molecular complexity index is 797. The van der Waals surface area contributed by atoms with E-state index in [0.29, 0.717) is 0 Å². The van der Waals surface area contributed by atoms with Crippen LogP contribution in [-0.4, -0.2) is 11.3 Å². The van der Waals surface area contributed by atoms with Gasteiger partial charge in [-0.25, -0.2) is 0 Å². The number of H-pyrrole nitrogens is 1. The number of aromatic nitrogens is 1. The topological polar surface area (TPSA) is 32.9 Å². The highest BCUT2D eigenvalue weighted by Crippen LogP contribution is 2.15. The van der Waals surface area contributed by atoms with Crippen molar-refractivity contribution >= 4 is 23.3 Å². The molecule has 1 heterocycles. The van der Waals surface area contributed by atoms with E-state index in [4.69, 9.17) is 4.79 Å². The summed E-state index contributed by atoms with van der Waals surface area (Å²) in [5.74, 6) is 0. The van der Waals surface area contributed by atoms with E-state index in [0.717, 1.165) is 6.29 Å². The Hall–Kier alpha value is -2.61. The Labute approximate surface area is 145 Å². The molecule has 3 aromatic rings. The van der Waals surface area contributed by atoms with Crippen molar-refractivity contribution in [3.05, 3.63) is 77.0 Å². The number of hydrogen-bond acceptors (Lipinski definition) is 1. The Morgan fingerprint density at radius 1 is 0.917 bits per heavy atom. The zero-order valence-corrected chi connectivity index (χ0v) is 15.3. The largest absolute Gasteiger partial charge is 0.361 e. The average molecular weight is 321 g/mol. The van der Waals surface area contributed by atoms with Crippen LogP contribution in [0.25, 0.3) is 17.0 Å². The summed E-state index contributed by atoms with van der Waals surface area (Å²) < 4.78 is 0. The van der Waals surface area contributed by atoms with Crippen molar-refractivity contribution < 1.29 is 4.79 Å². The fourth-order valence-corrected chi connectivity index (χ4v) is 2.36. The predicted molar refractivity (Wildman–Crippen MR) is 105 cm³/mol. The predicted octanol–water partition coefficient (Wildman–Crippen LogP) is 6.02. The first-order valence-corrected chi connectivity index (χ1v) is 8.16. The monoisotopic (exact) mass is 321 g/mol. The fraction of sp³-hybridized carbons (Fsp3) is 0.227. The van der Waals surface area contributed by atoms with Gasteiger partial charge in [0.25, 0.3) is 0 Å². The molecule has 0 amide bonds. The Kier molecular flexibility index (Phi) is 8.28. The van der Waals surface area contributed by atoms with Gasteiger partial charge in [-0.2, -0.15) is 0 Å². The Balaban J connectivity index is 0.000000207. The number of aldehydes is 1. The molecular weight excluding hydrogens is 294 g/mol. The van der Waals surface area contributed by atoms with Gasteiger partial charge in [-0.3, -0.25) is 0 Å². The number of aryl methyl sites for hydroxylation is 3. The van der Waals surface area contributed by atoms with Crippen molar-refractivity contribution in [1.82, 2.24) is 4.98 Å². The van der Waals surface area contributed by atoms with Gasteiger partial charge in [-0.05, 0) is 63.4 Å². The van der Waals surface area contributed by atoms with Crippen molar-refractivity contribution in [3.63, 3.8) is 0 Å². The van der Waals surface area contributed by atoms with Crippen LogP contribution >= 0.6 is 0 Å². The van der Waals surface area contributed by atoms with E-state index in [1.807, 2.05) is 13.1 Å². The van der Waals surface area contributed by atoms with Gasteiger partial charge in [0.05, 0.1) is 0 Å². The molecule has 0 spiro atoms. The highest BCUT2D eigenvalue weighted by Gasteiger charge is 1.94. The van der Waals surface area contributed by atoms with Crippen LogP contribution in [0.15, 0.2) is 54.7 Å². The van der Waals surface area contributed by atoms with Crippen LogP contribution < -0.4 is 0 Å². The minimum absolute atomic E-state index is 0.750. The minimum atomic E-state index is 0.750. The zero-order chi connectivity index (χ0) is 17.9. The molecule has 0 radical (unpaired) electrons. The number of nitrogens with one attached hydrogen (secondary N) is 1. The van der Waals surface area contributed by atoms with E-state index >= 15 is 0 Å². The number of hydrogen-bond donors (Lipinski definition) is 1. The van der Waals surface area contributed by atoms with E-state index in [1.165, 1.54) is 40.1 Å². The van der Waals surface area contributed by atoms with Gasteiger partial charge in [0.15, 0.2) is 0 Å². The van der Waals surface area contributed by atoms with Crippen LogP contribution in [0, 0.1) is 20.8 Å². The number of rotatable bonds is 1. The number of aromatic amines is 1. The first kappa shape index (κ1) is 19.4. The number of fused-ring (bicyclic) bond motifs is 1. The molecule has 2 aromatic carbocycles. The van der Waals surface area contributed by atoms with E-state index in [1.54, 1.807) is 0 Å². The summed E-state index contributed by atoms with van der Waals surface area (Å²) in [6, 6.07) is 14.9. The highest BCUT2D eigenvalue weighted by atomic mass is 16.1. The number of benzene rings is 2. The van der Waals surface area contributed by atoms with Gasteiger partial charge in [0.2, 0.25) is 0 Å². The molecule has 0 aliphatic carbocycles. The van der Waals surface area contributed by atoms with Crippen LogP contribution in [0.5, 0.6) is 0 Å². The van der Waals surface area contributed by atoms with Gasteiger partial charge in [-0.1, -0.05) is 48.0 Å². The molecular formula is C22H27NO. The number of carbonyl (C=O) groups excluding carboxylic acids is 1. The summed E-state index contributed by atoms with van der Waals surface area (Å²) in [5.41, 5.74) is 6.55. The summed E-state index contributed by atoms with van der Waals surface area (Å²) in [4.78, 5) is 12.0. The molecule has 0 aliphatic heterocycles. The SMILES string of the molecule is C/C=C\c1cc(C)ccc1C.CC=O.Cc1cccc2[nH]ccc12. The van der Waals surface area contributed by atoms with Crippen molar-refractivity contribution in [2.75, 3.05) is 0 Å². The lowest BCUT2D eigenvalue weighted by atomic mass is 10.1. The summed E-state index contributed by atoms with van der Waals surface area (Å²) in [5, 5.41) is 1.32. The second-order valence-corrected chi connectivity index (χ2v) is 5.61. The first-order chi connectivity index (χ1) is 11.5. The summed E-state index contributed by atoms with van der Waals surface area (Å²) in [7, 11) is 0. The molecule has 2 heteroatoms. The van der Waals surface area contributed by atoms with Gasteiger partial charge >= 0.3 is 0 Å². The van der Waals surface area contributed by atoms with Gasteiger partial charge in [0, 0.05) is 17.1 Å². The maximum Gasteiger partial charge on any atom is 0.116 e. The summed E-state index contributed by atoms with van der Waals surface area (Å²) >= 11 is 0. The third-order valence-electron chi connectivity index (χ3n) is 3.59. The van der Waals surface area contributed by atoms with Crippen molar-refractivity contribution in [2.24, 2.45) is 0 Å². The molecule has 1 N–H and O–H groups in total. The summed E-state index contributed by atoms with van der Waals surface area (Å²) in [6.45, 7) is 9.86. The average Bonchev–Trinajstić information content (AvgIpc) is 3.03. The smallest absolute Gasteiger partial charge is 0.116 e. The van der Waals surface area contributed by atoms with Crippen molar-refractivity contribution in [1.29, 1.82) is 0 Å². The van der Waals surface area contributed by atoms with Crippen molar-refractivity contribution in [3.8, 4) is 0 Å². The standard InChI is InChI=1S/C11H14.C9H9N.C2H4O/c1-4-5-11-8-9(2)6-7-10(11)3;1-7-3-2-4-9-8(7)5-6-10-9;1-2-3/h4-8H,1-3H3;2-6,10H,1H3;2H,1H3/b5-4-;;. The maximum absolute atomic E-state index is 8.81. The molecule has 0 fully saturated rings. The molecule has 0 atom stereocenters. The molecule has 0 saturated carbocycles. The third-order valence-corrected chi connectivity index (χ3v) is 3.59. The molecule has 126 valence electrons. The number of carbonyl (C=O) groups is 1. The van der Waals surface area contributed by atoms with E-state index in [2.05, 4.69) is 80.4 Å². The second-order valence-electron chi connectivity index (χ2n) is 5.61. The fourth-order valence-electron chi connectivity index (χ4n) is 2.36. The van der Waals surface area contributed by atoms with Gasteiger partial charge in [0.1, 0.15) is 6.29 Å². The molecule has 3 rings (SSSR count). The first-order valence-electron chi connectivity index (χ1n) is 8.16. The normalized spacial score (nSPS) is 9.88. The van der Waals surface area contributed by atoms with Crippen LogP contribution in [0.2, 0.25) is 0 Å². The minimum Gasteiger partial charge on any atom is -0.361 e. The van der Waals surface area contributed by atoms with Crippen LogP contribution in [-0.2, 0) is 4.79 Å². The molecule has 1 aromatic heterocycles.